The van der Waals surface area contributed by atoms with Crippen LogP contribution in [-0.4, -0.2) is 96.7 Å². The third-order valence-electron chi connectivity index (χ3n) is 18.2. The first-order chi connectivity index (χ1) is 46.9. The maximum atomic E-state index is 13.1. The molecule has 0 aliphatic rings. The van der Waals surface area contributed by atoms with E-state index < -0.39 is 97.5 Å². The van der Waals surface area contributed by atoms with Crippen molar-refractivity contribution in [2.24, 2.45) is 11.8 Å². The number of unbranched alkanes of at least 4 members (excludes halogenated alkanes) is 47. The van der Waals surface area contributed by atoms with Gasteiger partial charge in [-0.15, -0.1) is 0 Å². The van der Waals surface area contributed by atoms with Gasteiger partial charge in [0, 0.05) is 25.7 Å². The van der Waals surface area contributed by atoms with E-state index in [0.717, 1.165) is 115 Å². The summed E-state index contributed by atoms with van der Waals surface area (Å²) in [5.74, 6) is -0.552. The van der Waals surface area contributed by atoms with Crippen LogP contribution in [0.3, 0.4) is 0 Å². The lowest BCUT2D eigenvalue weighted by Gasteiger charge is -2.21. The highest BCUT2D eigenvalue weighted by atomic mass is 31.2. The molecule has 17 nitrogen and oxygen atoms in total. The molecule has 0 heterocycles. The number of hydrogen-bond donors (Lipinski definition) is 3. The predicted octanol–water partition coefficient (Wildman–Crippen LogP) is 23.1. The Balaban J connectivity index is 5.19. The lowest BCUT2D eigenvalue weighted by Crippen LogP contribution is -2.30. The van der Waals surface area contributed by atoms with Crippen LogP contribution in [0.1, 0.15) is 408 Å². The van der Waals surface area contributed by atoms with Gasteiger partial charge >= 0.3 is 39.5 Å². The molecular weight excluding hydrogens is 1270 g/mol. The first-order valence-corrected chi connectivity index (χ1v) is 43.5. The molecule has 0 aromatic carbocycles. The first-order valence-electron chi connectivity index (χ1n) is 40.5. The zero-order valence-electron chi connectivity index (χ0n) is 63.4. The summed E-state index contributed by atoms with van der Waals surface area (Å²) in [4.78, 5) is 72.8. The quantitative estimate of drug-likeness (QED) is 0.0222. The monoisotopic (exact) mass is 1420 g/mol. The Morgan fingerprint density at radius 3 is 0.701 bits per heavy atom. The van der Waals surface area contributed by atoms with Gasteiger partial charge in [-0.25, -0.2) is 9.13 Å². The number of rotatable bonds is 77. The topological polar surface area (TPSA) is 237 Å². The summed E-state index contributed by atoms with van der Waals surface area (Å²) < 4.78 is 68.5. The fourth-order valence-electron chi connectivity index (χ4n) is 12.0. The van der Waals surface area contributed by atoms with Gasteiger partial charge in [-0.2, -0.15) is 0 Å². The Kier molecular flexibility index (Phi) is 68.4. The molecular formula is C78H152O17P2. The van der Waals surface area contributed by atoms with E-state index in [1.165, 1.54) is 212 Å². The molecule has 0 aliphatic carbocycles. The summed E-state index contributed by atoms with van der Waals surface area (Å²) in [7, 11) is -9.91. The number of phosphoric ester groups is 2. The van der Waals surface area contributed by atoms with E-state index in [9.17, 15) is 43.2 Å². The second-order valence-electron chi connectivity index (χ2n) is 29.1. The highest BCUT2D eigenvalue weighted by Gasteiger charge is 2.30. The van der Waals surface area contributed by atoms with Crippen LogP contribution in [0.25, 0.3) is 0 Å². The summed E-state index contributed by atoms with van der Waals surface area (Å²) >= 11 is 0. The van der Waals surface area contributed by atoms with Crippen molar-refractivity contribution in [3.63, 3.8) is 0 Å². The van der Waals surface area contributed by atoms with Crippen LogP contribution in [0.15, 0.2) is 0 Å². The van der Waals surface area contributed by atoms with E-state index in [1.54, 1.807) is 0 Å². The van der Waals surface area contributed by atoms with Crippen molar-refractivity contribution < 1.29 is 80.2 Å². The minimum atomic E-state index is -4.96. The number of carbonyl (C=O) groups excluding carboxylic acids is 4. The van der Waals surface area contributed by atoms with Crippen LogP contribution in [0.5, 0.6) is 0 Å². The van der Waals surface area contributed by atoms with Gasteiger partial charge in [-0.1, -0.05) is 356 Å². The first kappa shape index (κ1) is 95.1. The van der Waals surface area contributed by atoms with Crippen molar-refractivity contribution in [3.05, 3.63) is 0 Å². The van der Waals surface area contributed by atoms with Gasteiger partial charge in [0.1, 0.15) is 19.3 Å². The zero-order valence-corrected chi connectivity index (χ0v) is 65.2. The van der Waals surface area contributed by atoms with Crippen molar-refractivity contribution in [3.8, 4) is 0 Å². The molecule has 576 valence electrons. The molecule has 0 bridgehead atoms. The highest BCUT2D eigenvalue weighted by molar-refractivity contribution is 7.47. The third kappa shape index (κ3) is 72.2. The summed E-state index contributed by atoms with van der Waals surface area (Å²) in [6.07, 6.45) is 58.4. The summed E-state index contributed by atoms with van der Waals surface area (Å²) in [5.41, 5.74) is 0. The summed E-state index contributed by atoms with van der Waals surface area (Å²) in [6, 6.07) is 0. The Hall–Kier alpha value is -1.94. The average Bonchev–Trinajstić information content (AvgIpc) is 1.37. The minimum absolute atomic E-state index is 0.106. The van der Waals surface area contributed by atoms with Crippen LogP contribution < -0.4 is 0 Å². The van der Waals surface area contributed by atoms with Crippen molar-refractivity contribution >= 4 is 39.5 Å². The molecule has 2 unspecified atom stereocenters. The van der Waals surface area contributed by atoms with Crippen LogP contribution in [-0.2, 0) is 65.4 Å². The molecule has 0 aromatic heterocycles. The van der Waals surface area contributed by atoms with Crippen molar-refractivity contribution in [2.45, 2.75) is 426 Å². The third-order valence-corrected chi connectivity index (χ3v) is 20.1. The second kappa shape index (κ2) is 69.8. The number of ether oxygens (including phenoxy) is 4. The minimum Gasteiger partial charge on any atom is -0.462 e. The molecule has 0 fully saturated rings. The molecule has 0 aromatic rings. The molecule has 19 heteroatoms. The number of aliphatic hydroxyl groups is 1. The smallest absolute Gasteiger partial charge is 0.462 e. The van der Waals surface area contributed by atoms with E-state index in [2.05, 4.69) is 41.5 Å². The lowest BCUT2D eigenvalue weighted by atomic mass is 10.0. The van der Waals surface area contributed by atoms with Crippen LogP contribution in [0.2, 0.25) is 0 Å². The van der Waals surface area contributed by atoms with Gasteiger partial charge in [0.05, 0.1) is 26.4 Å². The maximum absolute atomic E-state index is 13.1. The molecule has 0 spiro atoms. The van der Waals surface area contributed by atoms with Crippen LogP contribution in [0, 0.1) is 11.8 Å². The van der Waals surface area contributed by atoms with Crippen molar-refractivity contribution in [1.29, 1.82) is 0 Å². The van der Waals surface area contributed by atoms with Gasteiger partial charge < -0.3 is 33.8 Å². The number of carbonyl (C=O) groups is 4. The molecule has 0 aliphatic heterocycles. The largest absolute Gasteiger partial charge is 0.472 e. The van der Waals surface area contributed by atoms with E-state index >= 15 is 0 Å². The number of esters is 4. The van der Waals surface area contributed by atoms with E-state index in [-0.39, 0.29) is 25.7 Å². The highest BCUT2D eigenvalue weighted by Crippen LogP contribution is 2.45. The van der Waals surface area contributed by atoms with E-state index in [4.69, 9.17) is 37.0 Å². The van der Waals surface area contributed by atoms with Gasteiger partial charge in [-0.05, 0) is 37.5 Å². The molecule has 0 amide bonds. The number of phosphoric acid groups is 2. The Morgan fingerprint density at radius 1 is 0.278 bits per heavy atom. The Morgan fingerprint density at radius 2 is 0.474 bits per heavy atom. The SMILES string of the molecule is CCCCCCCCCCCCCCCCCCCCCC(=O)O[C@H](COC(=O)CCCCCCCCCCCCCCCCC(C)C)COP(=O)(O)OC[C@@H](O)COP(=O)(O)OC[C@@H](COC(=O)CCCCCCCCC)OC(=O)CCCCCCCCCCCCCC(C)C. The lowest BCUT2D eigenvalue weighted by molar-refractivity contribution is -0.161. The van der Waals surface area contributed by atoms with Gasteiger partial charge in [-0.3, -0.25) is 37.3 Å². The standard InChI is InChI=1S/C78H152O17P2/c1-7-9-11-13-15-16-17-18-19-20-21-22-23-28-33-38-44-50-56-62-77(82)95-74(67-89-76(81)61-55-49-43-37-32-27-25-24-26-30-35-41-46-52-58-70(3)4)69-93-97(86,87)91-65-72(79)64-90-96(84,85)92-68-73(66-88-75(80)60-54-48-40-14-12-10-8-2)94-78(83)63-57-51-45-39-34-29-31-36-42-47-53-59-71(5)6/h70-74,79H,7-69H2,1-6H3,(H,84,85)(H,86,87)/t72-,73+,74+/m0/s1. The van der Waals surface area contributed by atoms with Crippen LogP contribution >= 0.6 is 15.6 Å². The van der Waals surface area contributed by atoms with Crippen molar-refractivity contribution in [2.75, 3.05) is 39.6 Å². The van der Waals surface area contributed by atoms with Gasteiger partial charge in [0.2, 0.25) is 0 Å². The fraction of sp³-hybridized carbons (Fsp3) is 0.949. The van der Waals surface area contributed by atoms with Crippen LogP contribution in [0.4, 0.5) is 0 Å². The van der Waals surface area contributed by atoms with Gasteiger partial charge in [0.25, 0.3) is 0 Å². The fourth-order valence-corrected chi connectivity index (χ4v) is 13.6. The Labute approximate surface area is 594 Å². The van der Waals surface area contributed by atoms with E-state index in [0.29, 0.717) is 25.7 Å². The average molecular weight is 1420 g/mol. The molecule has 0 saturated carbocycles. The van der Waals surface area contributed by atoms with Gasteiger partial charge in [0.15, 0.2) is 12.2 Å². The number of aliphatic hydroxyl groups excluding tert-OH is 1. The zero-order chi connectivity index (χ0) is 71.4. The van der Waals surface area contributed by atoms with Crippen molar-refractivity contribution in [1.82, 2.24) is 0 Å². The molecule has 5 atom stereocenters. The Bertz CT molecular complexity index is 1870. The molecule has 97 heavy (non-hydrogen) atoms. The number of hydrogen-bond acceptors (Lipinski definition) is 15. The molecule has 0 radical (unpaired) electrons. The van der Waals surface area contributed by atoms with E-state index in [1.807, 2.05) is 0 Å². The molecule has 0 saturated heterocycles. The molecule has 3 N–H and O–H groups in total. The maximum Gasteiger partial charge on any atom is 0.472 e. The second-order valence-corrected chi connectivity index (χ2v) is 32.0. The molecule has 0 rings (SSSR count). The summed E-state index contributed by atoms with van der Waals surface area (Å²) in [6.45, 7) is 9.60. The predicted molar refractivity (Wildman–Crippen MR) is 395 cm³/mol. The normalized spacial score (nSPS) is 14.0. The summed E-state index contributed by atoms with van der Waals surface area (Å²) in [5, 5.41) is 10.6.